The standard InChI is InChI=1S/C31H24N4O5S/c1-38-28-19-21(35(36)37)12-15-24(28)26-16-17-27(40-26)30-29(25-9-5-6-18-32-25)33-31(41)34(30)20-10-13-23(14-11-20)39-22-7-3-2-4-8-22/h2-19,29-30H,1H3,(H,33,41)/t29-,30+/m0/s1. The molecule has 0 saturated carbocycles. The van der Waals surface area contributed by atoms with E-state index in [-0.39, 0.29) is 17.8 Å². The molecule has 204 valence electrons. The van der Waals surface area contributed by atoms with Crippen LogP contribution < -0.4 is 19.7 Å². The van der Waals surface area contributed by atoms with Crippen molar-refractivity contribution in [2.24, 2.45) is 0 Å². The van der Waals surface area contributed by atoms with Crippen LogP contribution in [-0.2, 0) is 0 Å². The zero-order valence-corrected chi connectivity index (χ0v) is 22.7. The third kappa shape index (κ3) is 5.20. The number of ether oxygens (including phenoxy) is 2. The highest BCUT2D eigenvalue weighted by Crippen LogP contribution is 2.44. The predicted molar refractivity (Wildman–Crippen MR) is 158 cm³/mol. The summed E-state index contributed by atoms with van der Waals surface area (Å²) in [6, 6.07) is 30.4. The van der Waals surface area contributed by atoms with Crippen LogP contribution in [0.5, 0.6) is 17.2 Å². The summed E-state index contributed by atoms with van der Waals surface area (Å²) in [7, 11) is 1.47. The minimum absolute atomic E-state index is 0.0659. The van der Waals surface area contributed by atoms with Gasteiger partial charge in [-0.1, -0.05) is 24.3 Å². The number of rotatable bonds is 8. The number of nitro benzene ring substituents is 1. The molecule has 5 aromatic rings. The first kappa shape index (κ1) is 26.0. The fraction of sp³-hybridized carbons (Fsp3) is 0.0968. The Kier molecular flexibility index (Phi) is 7.05. The molecule has 6 rings (SSSR count). The highest BCUT2D eigenvalue weighted by Gasteiger charge is 2.42. The first-order valence-corrected chi connectivity index (χ1v) is 13.2. The first-order valence-electron chi connectivity index (χ1n) is 12.8. The second-order valence-corrected chi connectivity index (χ2v) is 9.64. The van der Waals surface area contributed by atoms with E-state index in [2.05, 4.69) is 10.3 Å². The van der Waals surface area contributed by atoms with Gasteiger partial charge in [-0.05, 0) is 78.9 Å². The fourth-order valence-corrected chi connectivity index (χ4v) is 5.22. The van der Waals surface area contributed by atoms with Crippen LogP contribution in [0.1, 0.15) is 23.5 Å². The fourth-order valence-electron chi connectivity index (χ4n) is 4.87. The molecule has 41 heavy (non-hydrogen) atoms. The third-order valence-electron chi connectivity index (χ3n) is 6.77. The van der Waals surface area contributed by atoms with Crippen molar-refractivity contribution in [3.63, 3.8) is 0 Å². The number of non-ortho nitro benzene ring substituents is 1. The van der Waals surface area contributed by atoms with Crippen molar-refractivity contribution in [3.8, 4) is 28.6 Å². The SMILES string of the molecule is COc1cc([N+](=O)[O-])ccc1-c1ccc([C@@H]2[C@H](c3ccccn3)NC(=S)N2c2ccc(Oc3ccccc3)cc2)o1. The summed E-state index contributed by atoms with van der Waals surface area (Å²) in [4.78, 5) is 17.4. The Balaban J connectivity index is 1.37. The lowest BCUT2D eigenvalue weighted by Gasteiger charge is -2.26. The van der Waals surface area contributed by atoms with Gasteiger partial charge in [0.05, 0.1) is 35.4 Å². The normalized spacial score (nSPS) is 16.3. The molecule has 1 N–H and O–H groups in total. The zero-order valence-electron chi connectivity index (χ0n) is 21.8. The van der Waals surface area contributed by atoms with Crippen molar-refractivity contribution >= 4 is 28.7 Å². The summed E-state index contributed by atoms with van der Waals surface area (Å²) in [5.41, 5.74) is 2.18. The molecule has 1 aliphatic heterocycles. The van der Waals surface area contributed by atoms with Crippen LogP contribution in [0.2, 0.25) is 0 Å². The molecule has 9 nitrogen and oxygen atoms in total. The smallest absolute Gasteiger partial charge is 0.273 e. The van der Waals surface area contributed by atoms with Gasteiger partial charge in [0.1, 0.15) is 34.8 Å². The quantitative estimate of drug-likeness (QED) is 0.119. The highest BCUT2D eigenvalue weighted by atomic mass is 32.1. The molecule has 0 amide bonds. The Morgan fingerprint density at radius 2 is 1.71 bits per heavy atom. The van der Waals surface area contributed by atoms with E-state index in [9.17, 15) is 10.1 Å². The Bertz CT molecular complexity index is 1690. The Hall–Kier alpha value is -5.22. The van der Waals surface area contributed by atoms with Crippen LogP contribution in [0, 0.1) is 10.1 Å². The first-order chi connectivity index (χ1) is 20.0. The van der Waals surface area contributed by atoms with Crippen LogP contribution >= 0.6 is 12.2 Å². The lowest BCUT2D eigenvalue weighted by Crippen LogP contribution is -2.29. The minimum Gasteiger partial charge on any atom is -0.496 e. The van der Waals surface area contributed by atoms with Gasteiger partial charge in [0.2, 0.25) is 0 Å². The van der Waals surface area contributed by atoms with Gasteiger partial charge in [0.15, 0.2) is 5.11 Å². The summed E-state index contributed by atoms with van der Waals surface area (Å²) in [5, 5.41) is 15.2. The number of hydrogen-bond donors (Lipinski definition) is 1. The van der Waals surface area contributed by atoms with E-state index >= 15 is 0 Å². The van der Waals surface area contributed by atoms with Crippen LogP contribution in [0.4, 0.5) is 11.4 Å². The van der Waals surface area contributed by atoms with Gasteiger partial charge in [0, 0.05) is 18.0 Å². The van der Waals surface area contributed by atoms with Gasteiger partial charge in [-0.25, -0.2) is 0 Å². The summed E-state index contributed by atoms with van der Waals surface area (Å²) in [6.45, 7) is 0. The largest absolute Gasteiger partial charge is 0.496 e. The van der Waals surface area contributed by atoms with E-state index in [1.807, 2.05) is 89.8 Å². The average Bonchev–Trinajstić information content (AvgIpc) is 3.63. The number of aromatic nitrogens is 1. The lowest BCUT2D eigenvalue weighted by atomic mass is 10.0. The molecule has 3 heterocycles. The van der Waals surface area contributed by atoms with Crippen molar-refractivity contribution in [2.45, 2.75) is 12.1 Å². The average molecular weight is 565 g/mol. The molecule has 3 aromatic carbocycles. The molecule has 10 heteroatoms. The number of nitrogens with one attached hydrogen (secondary N) is 1. The second-order valence-electron chi connectivity index (χ2n) is 9.25. The number of furan rings is 1. The van der Waals surface area contributed by atoms with E-state index in [1.54, 1.807) is 12.3 Å². The molecular weight excluding hydrogens is 540 g/mol. The Morgan fingerprint density at radius 1 is 0.951 bits per heavy atom. The maximum Gasteiger partial charge on any atom is 0.273 e. The van der Waals surface area contributed by atoms with Crippen LogP contribution in [0.25, 0.3) is 11.3 Å². The number of methoxy groups -OCH3 is 1. The van der Waals surface area contributed by atoms with Gasteiger partial charge in [-0.15, -0.1) is 0 Å². The molecule has 1 aliphatic rings. The lowest BCUT2D eigenvalue weighted by molar-refractivity contribution is -0.384. The molecule has 1 saturated heterocycles. The van der Waals surface area contributed by atoms with Gasteiger partial charge < -0.3 is 24.1 Å². The number of para-hydroxylation sites is 1. The molecule has 0 radical (unpaired) electrons. The van der Waals surface area contributed by atoms with Crippen LogP contribution in [0.3, 0.4) is 0 Å². The van der Waals surface area contributed by atoms with E-state index in [0.29, 0.717) is 33.7 Å². The summed E-state index contributed by atoms with van der Waals surface area (Å²) >= 11 is 5.82. The molecule has 0 unspecified atom stereocenters. The van der Waals surface area contributed by atoms with E-state index in [4.69, 9.17) is 26.1 Å². The molecule has 2 atom stereocenters. The van der Waals surface area contributed by atoms with Gasteiger partial charge in [-0.3, -0.25) is 15.1 Å². The maximum atomic E-state index is 11.3. The summed E-state index contributed by atoms with van der Waals surface area (Å²) < 4.78 is 17.8. The molecule has 0 spiro atoms. The molecule has 0 bridgehead atoms. The number of anilines is 1. The number of nitrogens with zero attached hydrogens (tertiary/aromatic N) is 3. The molecular formula is C31H24N4O5S. The number of thiocarbonyl (C=S) groups is 1. The van der Waals surface area contributed by atoms with Crippen molar-refractivity contribution in [3.05, 3.63) is 131 Å². The number of hydrogen-bond acceptors (Lipinski definition) is 7. The topological polar surface area (TPSA) is 103 Å². The minimum atomic E-state index is -0.462. The Morgan fingerprint density at radius 3 is 2.41 bits per heavy atom. The Labute approximate surface area is 241 Å². The van der Waals surface area contributed by atoms with Crippen molar-refractivity contribution in [2.75, 3.05) is 12.0 Å². The van der Waals surface area contributed by atoms with Gasteiger partial charge in [-0.2, -0.15) is 0 Å². The van der Waals surface area contributed by atoms with E-state index < -0.39 is 4.92 Å². The van der Waals surface area contributed by atoms with Crippen LogP contribution in [0.15, 0.2) is 114 Å². The molecule has 0 aliphatic carbocycles. The number of benzene rings is 3. The van der Waals surface area contributed by atoms with E-state index in [0.717, 1.165) is 17.1 Å². The monoisotopic (exact) mass is 564 g/mol. The summed E-state index contributed by atoms with van der Waals surface area (Å²) in [5.74, 6) is 2.93. The van der Waals surface area contributed by atoms with Crippen molar-refractivity contribution in [1.29, 1.82) is 0 Å². The maximum absolute atomic E-state index is 11.3. The number of nitro groups is 1. The van der Waals surface area contributed by atoms with E-state index in [1.165, 1.54) is 19.2 Å². The molecule has 1 fully saturated rings. The molecule has 2 aromatic heterocycles. The predicted octanol–water partition coefficient (Wildman–Crippen LogP) is 7.23. The van der Waals surface area contributed by atoms with Gasteiger partial charge >= 0.3 is 0 Å². The van der Waals surface area contributed by atoms with Gasteiger partial charge in [0.25, 0.3) is 5.69 Å². The highest BCUT2D eigenvalue weighted by molar-refractivity contribution is 7.80. The number of pyridine rings is 1. The van der Waals surface area contributed by atoms with Crippen molar-refractivity contribution < 1.29 is 18.8 Å². The summed E-state index contributed by atoms with van der Waals surface area (Å²) in [6.07, 6.45) is 1.74. The van der Waals surface area contributed by atoms with Crippen molar-refractivity contribution in [1.82, 2.24) is 10.3 Å². The zero-order chi connectivity index (χ0) is 28.3. The third-order valence-corrected chi connectivity index (χ3v) is 7.09. The second kappa shape index (κ2) is 11.1. The van der Waals surface area contributed by atoms with Crippen LogP contribution in [-0.4, -0.2) is 22.1 Å².